The molecule has 1 N–H and O–H groups in total. The van der Waals surface area contributed by atoms with Crippen molar-refractivity contribution in [2.75, 3.05) is 13.1 Å². The third-order valence-electron chi connectivity index (χ3n) is 3.91. The van der Waals surface area contributed by atoms with Crippen molar-refractivity contribution in [2.45, 2.75) is 18.9 Å². The molecular formula is C16H18N2O2. The minimum atomic E-state index is -0.687. The number of aliphatic hydroxyl groups is 1. The van der Waals surface area contributed by atoms with Crippen LogP contribution in [0, 0.1) is 0 Å². The summed E-state index contributed by atoms with van der Waals surface area (Å²) in [6.45, 7) is 2.79. The highest BCUT2D eigenvalue weighted by Gasteiger charge is 2.42. The zero-order valence-electron chi connectivity index (χ0n) is 11.5. The van der Waals surface area contributed by atoms with Crippen LogP contribution in [0.1, 0.15) is 23.7 Å². The van der Waals surface area contributed by atoms with Crippen LogP contribution in [0.4, 0.5) is 0 Å². The molecule has 0 unspecified atom stereocenters. The van der Waals surface area contributed by atoms with Gasteiger partial charge in [-0.2, -0.15) is 0 Å². The summed E-state index contributed by atoms with van der Waals surface area (Å²) < 4.78 is 1.97. The highest BCUT2D eigenvalue weighted by molar-refractivity contribution is 5.95. The summed E-state index contributed by atoms with van der Waals surface area (Å²) in [5, 5.41) is 9.99. The van der Waals surface area contributed by atoms with E-state index in [9.17, 15) is 9.90 Å². The Morgan fingerprint density at radius 2 is 1.95 bits per heavy atom. The maximum atomic E-state index is 12.4. The van der Waals surface area contributed by atoms with E-state index in [0.717, 1.165) is 5.69 Å². The van der Waals surface area contributed by atoms with Gasteiger partial charge in [-0.3, -0.25) is 4.79 Å². The average Bonchev–Trinajstić information content (AvgIpc) is 2.97. The van der Waals surface area contributed by atoms with E-state index >= 15 is 0 Å². The molecular weight excluding hydrogens is 252 g/mol. The summed E-state index contributed by atoms with van der Waals surface area (Å²) in [6, 6.07) is 11.4. The number of β-amino-alcohol motifs (C(OH)–C–C–N with tert-alkyl or cyclic N) is 1. The van der Waals surface area contributed by atoms with E-state index in [1.165, 1.54) is 0 Å². The van der Waals surface area contributed by atoms with Crippen LogP contribution >= 0.6 is 0 Å². The van der Waals surface area contributed by atoms with E-state index in [0.29, 0.717) is 25.1 Å². The van der Waals surface area contributed by atoms with E-state index in [4.69, 9.17) is 0 Å². The average molecular weight is 270 g/mol. The fourth-order valence-electron chi connectivity index (χ4n) is 2.52. The molecule has 20 heavy (non-hydrogen) atoms. The highest BCUT2D eigenvalue weighted by atomic mass is 16.3. The predicted octanol–water partition coefficient (Wildman–Crippen LogP) is 2.07. The van der Waals surface area contributed by atoms with Crippen molar-refractivity contribution in [3.63, 3.8) is 0 Å². The number of nitrogens with zero attached hydrogens (tertiary/aromatic N) is 2. The first-order chi connectivity index (χ1) is 9.61. The number of likely N-dealkylation sites (tertiary alicyclic amines) is 1. The quantitative estimate of drug-likeness (QED) is 0.928. The zero-order chi connectivity index (χ0) is 14.2. The van der Waals surface area contributed by atoms with E-state index < -0.39 is 5.60 Å². The number of hydrogen-bond donors (Lipinski definition) is 1. The lowest BCUT2D eigenvalue weighted by Gasteiger charge is -2.46. The molecule has 1 aromatic carbocycles. The molecule has 1 aliphatic heterocycles. The Morgan fingerprint density at radius 3 is 2.60 bits per heavy atom. The van der Waals surface area contributed by atoms with Crippen molar-refractivity contribution in [1.29, 1.82) is 0 Å². The number of benzene rings is 1. The molecule has 0 radical (unpaired) electrons. The summed E-state index contributed by atoms with van der Waals surface area (Å²) in [7, 11) is 0. The van der Waals surface area contributed by atoms with Gasteiger partial charge in [0.05, 0.1) is 18.7 Å². The van der Waals surface area contributed by atoms with E-state index in [-0.39, 0.29) is 5.91 Å². The second kappa shape index (κ2) is 4.80. The molecule has 0 bridgehead atoms. The monoisotopic (exact) mass is 270 g/mol. The molecule has 1 amide bonds. The van der Waals surface area contributed by atoms with Gasteiger partial charge in [-0.25, -0.2) is 0 Å². The largest absolute Gasteiger partial charge is 0.386 e. The van der Waals surface area contributed by atoms with Gasteiger partial charge in [0.25, 0.3) is 5.91 Å². The Labute approximate surface area is 118 Å². The molecule has 0 aliphatic carbocycles. The van der Waals surface area contributed by atoms with Gasteiger partial charge in [0.1, 0.15) is 0 Å². The van der Waals surface area contributed by atoms with Gasteiger partial charge in [-0.05, 0) is 36.8 Å². The Kier molecular flexibility index (Phi) is 3.10. The first-order valence-corrected chi connectivity index (χ1v) is 6.86. The Balaban J connectivity index is 1.78. The Morgan fingerprint density at radius 1 is 1.25 bits per heavy atom. The second-order valence-electron chi connectivity index (χ2n) is 5.38. The van der Waals surface area contributed by atoms with Gasteiger partial charge in [0.2, 0.25) is 0 Å². The SMILES string of the molecule is CCC1(O)CN(C(=O)c2cccc(-n3cccc3)c2)C1. The van der Waals surface area contributed by atoms with E-state index in [1.54, 1.807) is 4.90 Å². The number of rotatable bonds is 3. The standard InChI is InChI=1S/C16H18N2O2/c1-2-16(20)11-18(12-16)15(19)13-6-5-7-14(10-13)17-8-3-4-9-17/h3-10,20H,2,11-12H2,1H3. The van der Waals surface area contributed by atoms with Crippen molar-refractivity contribution >= 4 is 5.91 Å². The van der Waals surface area contributed by atoms with Crippen LogP contribution in [0.3, 0.4) is 0 Å². The van der Waals surface area contributed by atoms with Crippen molar-refractivity contribution in [3.05, 3.63) is 54.4 Å². The van der Waals surface area contributed by atoms with Gasteiger partial charge in [0, 0.05) is 23.6 Å². The van der Waals surface area contributed by atoms with E-state index in [2.05, 4.69) is 0 Å². The molecule has 4 heteroatoms. The summed E-state index contributed by atoms with van der Waals surface area (Å²) in [5.74, 6) is -0.0165. The number of amides is 1. The maximum Gasteiger partial charge on any atom is 0.254 e. The van der Waals surface area contributed by atoms with E-state index in [1.807, 2.05) is 60.3 Å². The van der Waals surface area contributed by atoms with Crippen molar-refractivity contribution in [2.24, 2.45) is 0 Å². The van der Waals surface area contributed by atoms with Gasteiger partial charge >= 0.3 is 0 Å². The van der Waals surface area contributed by atoms with Gasteiger partial charge in [-0.15, -0.1) is 0 Å². The summed E-state index contributed by atoms with van der Waals surface area (Å²) in [5.41, 5.74) is 0.940. The smallest absolute Gasteiger partial charge is 0.254 e. The third kappa shape index (κ3) is 2.23. The Bertz CT molecular complexity index is 613. The van der Waals surface area contributed by atoms with Gasteiger partial charge < -0.3 is 14.6 Å². The molecule has 1 fully saturated rings. The number of hydrogen-bond acceptors (Lipinski definition) is 2. The maximum absolute atomic E-state index is 12.4. The van der Waals surface area contributed by atoms with Crippen molar-refractivity contribution in [3.8, 4) is 5.69 Å². The lowest BCUT2D eigenvalue weighted by molar-refractivity contribution is -0.0826. The summed E-state index contributed by atoms with van der Waals surface area (Å²) >= 11 is 0. The van der Waals surface area contributed by atoms with Gasteiger partial charge in [0.15, 0.2) is 0 Å². The molecule has 0 spiro atoms. The zero-order valence-corrected chi connectivity index (χ0v) is 11.5. The van der Waals surface area contributed by atoms with Crippen LogP contribution in [0.2, 0.25) is 0 Å². The van der Waals surface area contributed by atoms with Crippen molar-refractivity contribution in [1.82, 2.24) is 9.47 Å². The van der Waals surface area contributed by atoms with Crippen LogP contribution in [-0.4, -0.2) is 39.2 Å². The summed E-state index contributed by atoms with van der Waals surface area (Å²) in [6.07, 6.45) is 4.58. The fraction of sp³-hybridized carbons (Fsp3) is 0.312. The molecule has 1 aromatic heterocycles. The molecule has 1 saturated heterocycles. The normalized spacial score (nSPS) is 16.8. The van der Waals surface area contributed by atoms with Crippen LogP contribution in [0.25, 0.3) is 5.69 Å². The van der Waals surface area contributed by atoms with Crippen LogP contribution in [0.5, 0.6) is 0 Å². The first kappa shape index (κ1) is 12.9. The Hall–Kier alpha value is -2.07. The molecule has 0 atom stereocenters. The molecule has 2 aromatic rings. The predicted molar refractivity (Wildman–Crippen MR) is 76.9 cm³/mol. The topological polar surface area (TPSA) is 45.5 Å². The fourth-order valence-corrected chi connectivity index (χ4v) is 2.52. The van der Waals surface area contributed by atoms with Crippen molar-refractivity contribution < 1.29 is 9.90 Å². The molecule has 104 valence electrons. The third-order valence-corrected chi connectivity index (χ3v) is 3.91. The minimum Gasteiger partial charge on any atom is -0.386 e. The van der Waals surface area contributed by atoms with Crippen LogP contribution in [-0.2, 0) is 0 Å². The summed E-state index contributed by atoms with van der Waals surface area (Å²) in [4.78, 5) is 14.1. The molecule has 2 heterocycles. The first-order valence-electron chi connectivity index (χ1n) is 6.86. The molecule has 1 aliphatic rings. The molecule has 3 rings (SSSR count). The number of carbonyl (C=O) groups excluding carboxylic acids is 1. The highest BCUT2D eigenvalue weighted by Crippen LogP contribution is 2.26. The lowest BCUT2D eigenvalue weighted by atomic mass is 9.90. The van der Waals surface area contributed by atoms with Crippen LogP contribution < -0.4 is 0 Å². The second-order valence-corrected chi connectivity index (χ2v) is 5.38. The molecule has 0 saturated carbocycles. The van der Waals surface area contributed by atoms with Gasteiger partial charge in [-0.1, -0.05) is 13.0 Å². The van der Waals surface area contributed by atoms with Crippen LogP contribution in [0.15, 0.2) is 48.8 Å². The minimum absolute atomic E-state index is 0.0165. The number of aromatic nitrogens is 1. The molecule has 4 nitrogen and oxygen atoms in total. The number of carbonyl (C=O) groups is 1. The lowest BCUT2D eigenvalue weighted by Crippen LogP contribution is -2.63.